The third-order valence-electron chi connectivity index (χ3n) is 7.09. The molecule has 6 nitrogen and oxygen atoms in total. The zero-order valence-electron chi connectivity index (χ0n) is 20.8. The number of carbonyl (C=O) groups is 2. The predicted molar refractivity (Wildman–Crippen MR) is 138 cm³/mol. The number of amides is 2. The SMILES string of the molecule is CC(C)(F)CN1CCC(CNc2ccc(-c3ccc(C(=O)N4CCC[C@H]4C(N)=O)cc3)cc2)CC1. The van der Waals surface area contributed by atoms with Gasteiger partial charge in [-0.1, -0.05) is 24.3 Å². The number of carbonyl (C=O) groups excluding carboxylic acids is 2. The van der Waals surface area contributed by atoms with E-state index in [9.17, 15) is 14.0 Å². The molecule has 2 aliphatic rings. The van der Waals surface area contributed by atoms with Crippen molar-refractivity contribution in [3.05, 3.63) is 54.1 Å². The van der Waals surface area contributed by atoms with Gasteiger partial charge in [-0.25, -0.2) is 4.39 Å². The van der Waals surface area contributed by atoms with Crippen molar-refractivity contribution >= 4 is 17.5 Å². The molecule has 0 saturated carbocycles. The first-order valence-electron chi connectivity index (χ1n) is 12.7. The Hall–Kier alpha value is -2.93. The number of halogens is 1. The van der Waals surface area contributed by atoms with Crippen LogP contribution >= 0.6 is 0 Å². The fraction of sp³-hybridized carbons (Fsp3) is 0.500. The van der Waals surface area contributed by atoms with Crippen molar-refractivity contribution < 1.29 is 14.0 Å². The Morgan fingerprint density at radius 2 is 1.57 bits per heavy atom. The molecule has 0 radical (unpaired) electrons. The Labute approximate surface area is 207 Å². The molecule has 2 aromatic carbocycles. The molecule has 0 bridgehead atoms. The van der Waals surface area contributed by atoms with Gasteiger partial charge in [-0.15, -0.1) is 0 Å². The van der Waals surface area contributed by atoms with Gasteiger partial charge in [0.1, 0.15) is 11.7 Å². The first-order valence-corrected chi connectivity index (χ1v) is 12.7. The lowest BCUT2D eigenvalue weighted by atomic mass is 9.95. The molecule has 4 rings (SSSR count). The molecule has 2 aromatic rings. The maximum absolute atomic E-state index is 13.9. The molecule has 2 aliphatic heterocycles. The van der Waals surface area contributed by atoms with Gasteiger partial charge in [0.15, 0.2) is 0 Å². The molecule has 1 atom stereocenters. The third kappa shape index (κ3) is 6.60. The number of benzene rings is 2. The largest absolute Gasteiger partial charge is 0.385 e. The summed E-state index contributed by atoms with van der Waals surface area (Å²) in [6, 6.07) is 15.3. The fourth-order valence-corrected chi connectivity index (χ4v) is 5.20. The summed E-state index contributed by atoms with van der Waals surface area (Å²) in [6.45, 7) is 7.20. The van der Waals surface area contributed by atoms with E-state index in [1.165, 1.54) is 0 Å². The summed E-state index contributed by atoms with van der Waals surface area (Å²) < 4.78 is 13.9. The van der Waals surface area contributed by atoms with Crippen molar-refractivity contribution in [2.45, 2.75) is 51.2 Å². The normalized spacial score (nSPS) is 19.6. The summed E-state index contributed by atoms with van der Waals surface area (Å²) in [5, 5.41) is 3.54. The van der Waals surface area contributed by atoms with E-state index in [1.54, 1.807) is 18.7 Å². The molecule has 7 heteroatoms. The topological polar surface area (TPSA) is 78.7 Å². The van der Waals surface area contributed by atoms with Crippen molar-refractivity contribution in [1.82, 2.24) is 9.80 Å². The fourth-order valence-electron chi connectivity index (χ4n) is 5.20. The molecular formula is C28H37FN4O2. The van der Waals surface area contributed by atoms with E-state index in [0.29, 0.717) is 31.0 Å². The van der Waals surface area contributed by atoms with Gasteiger partial charge in [0.25, 0.3) is 5.91 Å². The van der Waals surface area contributed by atoms with Gasteiger partial charge < -0.3 is 20.9 Å². The number of alkyl halides is 1. The Balaban J connectivity index is 1.28. The minimum Gasteiger partial charge on any atom is -0.385 e. The Kier molecular flexibility index (Phi) is 7.75. The van der Waals surface area contributed by atoms with E-state index < -0.39 is 17.6 Å². The first kappa shape index (κ1) is 25.2. The number of likely N-dealkylation sites (tertiary alicyclic amines) is 2. The second-order valence-electron chi connectivity index (χ2n) is 10.5. The van der Waals surface area contributed by atoms with E-state index in [1.807, 2.05) is 24.3 Å². The zero-order valence-corrected chi connectivity index (χ0v) is 20.8. The molecule has 0 aliphatic carbocycles. The summed E-state index contributed by atoms with van der Waals surface area (Å²) in [5.74, 6) is 0.0209. The molecule has 3 N–H and O–H groups in total. The summed E-state index contributed by atoms with van der Waals surface area (Å²) in [7, 11) is 0. The number of nitrogens with zero attached hydrogens (tertiary/aromatic N) is 2. The summed E-state index contributed by atoms with van der Waals surface area (Å²) in [6.07, 6.45) is 3.61. The smallest absolute Gasteiger partial charge is 0.254 e. The molecule has 2 heterocycles. The highest BCUT2D eigenvalue weighted by Gasteiger charge is 2.33. The minimum atomic E-state index is -1.13. The maximum Gasteiger partial charge on any atom is 0.254 e. The van der Waals surface area contributed by atoms with Gasteiger partial charge in [-0.05, 0) is 93.9 Å². The molecular weight excluding hydrogens is 443 g/mol. The highest BCUT2D eigenvalue weighted by atomic mass is 19.1. The quantitative estimate of drug-likeness (QED) is 0.590. The van der Waals surface area contributed by atoms with Gasteiger partial charge >= 0.3 is 0 Å². The molecule has 0 spiro atoms. The average Bonchev–Trinajstić information content (AvgIpc) is 3.33. The number of rotatable bonds is 8. The van der Waals surface area contributed by atoms with Crippen LogP contribution in [-0.2, 0) is 4.79 Å². The van der Waals surface area contributed by atoms with E-state index in [0.717, 1.165) is 55.7 Å². The average molecular weight is 481 g/mol. The van der Waals surface area contributed by atoms with Crippen LogP contribution < -0.4 is 11.1 Å². The number of nitrogens with one attached hydrogen (secondary N) is 1. The third-order valence-corrected chi connectivity index (χ3v) is 7.09. The number of hydrogen-bond acceptors (Lipinski definition) is 4. The molecule has 2 amide bonds. The second kappa shape index (κ2) is 10.8. The Bertz CT molecular complexity index is 1010. The minimum absolute atomic E-state index is 0.142. The molecule has 188 valence electrons. The summed E-state index contributed by atoms with van der Waals surface area (Å²) >= 11 is 0. The van der Waals surface area contributed by atoms with Crippen LogP contribution in [0.3, 0.4) is 0 Å². The lowest BCUT2D eigenvalue weighted by molar-refractivity contribution is -0.121. The predicted octanol–water partition coefficient (Wildman–Crippen LogP) is 4.32. The maximum atomic E-state index is 13.9. The van der Waals surface area contributed by atoms with Crippen molar-refractivity contribution in [2.75, 3.05) is 38.0 Å². The number of piperidine rings is 1. The molecule has 2 fully saturated rings. The van der Waals surface area contributed by atoms with Gasteiger partial charge in [-0.3, -0.25) is 9.59 Å². The van der Waals surface area contributed by atoms with Crippen LogP contribution in [0, 0.1) is 5.92 Å². The first-order chi connectivity index (χ1) is 16.7. The number of primary amides is 1. The summed E-state index contributed by atoms with van der Waals surface area (Å²) in [4.78, 5) is 28.3. The van der Waals surface area contributed by atoms with Crippen LogP contribution in [0.4, 0.5) is 10.1 Å². The standard InChI is InChI=1S/C28H37FN4O2/c1-28(2,29)19-32-16-13-20(14-17-32)18-31-24-11-9-22(10-12-24)21-5-7-23(8-6-21)27(35)33-15-3-4-25(33)26(30)34/h5-12,20,25,31H,3-4,13-19H2,1-2H3,(H2,30,34)/t25-/m0/s1. The summed E-state index contributed by atoms with van der Waals surface area (Å²) in [5.41, 5.74) is 8.08. The van der Waals surface area contributed by atoms with Crippen molar-refractivity contribution in [2.24, 2.45) is 11.7 Å². The highest BCUT2D eigenvalue weighted by molar-refractivity contribution is 5.98. The molecule has 0 unspecified atom stereocenters. The number of hydrogen-bond donors (Lipinski definition) is 2. The van der Waals surface area contributed by atoms with Gasteiger partial charge in [0.05, 0.1) is 0 Å². The highest BCUT2D eigenvalue weighted by Crippen LogP contribution is 2.25. The van der Waals surface area contributed by atoms with E-state index in [4.69, 9.17) is 5.73 Å². The van der Waals surface area contributed by atoms with Crippen LogP contribution in [0.15, 0.2) is 48.5 Å². The Morgan fingerprint density at radius 3 is 2.14 bits per heavy atom. The number of anilines is 1. The van der Waals surface area contributed by atoms with Crippen LogP contribution in [0.2, 0.25) is 0 Å². The van der Waals surface area contributed by atoms with Gasteiger partial charge in [0.2, 0.25) is 5.91 Å². The van der Waals surface area contributed by atoms with Crippen LogP contribution in [0.5, 0.6) is 0 Å². The lowest BCUT2D eigenvalue weighted by Crippen LogP contribution is -2.43. The van der Waals surface area contributed by atoms with E-state index in [-0.39, 0.29) is 5.91 Å². The lowest BCUT2D eigenvalue weighted by Gasteiger charge is -2.34. The second-order valence-corrected chi connectivity index (χ2v) is 10.5. The number of nitrogens with two attached hydrogens (primary N) is 1. The Morgan fingerprint density at radius 1 is 0.971 bits per heavy atom. The van der Waals surface area contributed by atoms with E-state index in [2.05, 4.69) is 34.5 Å². The van der Waals surface area contributed by atoms with Crippen molar-refractivity contribution in [1.29, 1.82) is 0 Å². The monoisotopic (exact) mass is 480 g/mol. The van der Waals surface area contributed by atoms with Crippen molar-refractivity contribution in [3.63, 3.8) is 0 Å². The molecule has 0 aromatic heterocycles. The molecule has 35 heavy (non-hydrogen) atoms. The van der Waals surface area contributed by atoms with Crippen LogP contribution in [0.1, 0.15) is 49.9 Å². The van der Waals surface area contributed by atoms with Gasteiger partial charge in [0, 0.05) is 30.9 Å². The van der Waals surface area contributed by atoms with Crippen LogP contribution in [-0.4, -0.2) is 66.0 Å². The van der Waals surface area contributed by atoms with Gasteiger partial charge in [-0.2, -0.15) is 0 Å². The van der Waals surface area contributed by atoms with Crippen LogP contribution in [0.25, 0.3) is 11.1 Å². The zero-order chi connectivity index (χ0) is 25.0. The molecule has 2 saturated heterocycles. The van der Waals surface area contributed by atoms with E-state index >= 15 is 0 Å². The van der Waals surface area contributed by atoms with Crippen molar-refractivity contribution in [3.8, 4) is 11.1 Å².